The smallest absolute Gasteiger partial charge is 0.0465 e. The molecule has 0 saturated carbocycles. The van der Waals surface area contributed by atoms with Crippen LogP contribution in [0.25, 0.3) is 0 Å². The van der Waals surface area contributed by atoms with E-state index in [4.69, 9.17) is 28.9 Å². The van der Waals surface area contributed by atoms with Crippen LogP contribution in [0.2, 0.25) is 10.0 Å². The largest absolute Gasteiger partial charge is 0.329 e. The van der Waals surface area contributed by atoms with E-state index in [-0.39, 0.29) is 0 Å². The minimum atomic E-state index is 0.293. The predicted octanol–water partition coefficient (Wildman–Crippen LogP) is 2.43. The van der Waals surface area contributed by atoms with Crippen molar-refractivity contribution in [1.29, 1.82) is 0 Å². The van der Waals surface area contributed by atoms with Crippen molar-refractivity contribution in [2.75, 3.05) is 6.54 Å². The van der Waals surface area contributed by atoms with Gasteiger partial charge in [-0.25, -0.2) is 0 Å². The summed E-state index contributed by atoms with van der Waals surface area (Å²) in [6, 6.07) is 5.79. The van der Waals surface area contributed by atoms with E-state index in [9.17, 15) is 0 Å². The summed E-state index contributed by atoms with van der Waals surface area (Å²) in [6.45, 7) is 3.36. The minimum absolute atomic E-state index is 0.293. The van der Waals surface area contributed by atoms with Crippen LogP contribution in [0.3, 0.4) is 0 Å². The number of rotatable bonds is 4. The minimum Gasteiger partial charge on any atom is -0.329 e. The van der Waals surface area contributed by atoms with E-state index < -0.39 is 0 Å². The number of nitrogens with one attached hydrogen (secondary N) is 1. The van der Waals surface area contributed by atoms with Gasteiger partial charge in [-0.2, -0.15) is 0 Å². The second-order valence-corrected chi connectivity index (χ2v) is 4.10. The molecule has 0 aliphatic heterocycles. The zero-order valence-corrected chi connectivity index (χ0v) is 9.57. The molecule has 78 valence electrons. The lowest BCUT2D eigenvalue weighted by Gasteiger charge is -2.12. The Balaban J connectivity index is 2.59. The highest BCUT2D eigenvalue weighted by molar-refractivity contribution is 6.35. The molecule has 0 aromatic heterocycles. The number of hydrogen-bond acceptors (Lipinski definition) is 2. The third kappa shape index (κ3) is 3.46. The van der Waals surface area contributed by atoms with Gasteiger partial charge < -0.3 is 11.1 Å². The van der Waals surface area contributed by atoms with Crippen molar-refractivity contribution in [3.05, 3.63) is 33.8 Å². The molecule has 2 nitrogen and oxygen atoms in total. The fourth-order valence-corrected chi connectivity index (χ4v) is 1.51. The Morgan fingerprint density at radius 3 is 2.71 bits per heavy atom. The first-order valence-corrected chi connectivity index (χ1v) is 5.26. The lowest BCUT2D eigenvalue weighted by atomic mass is 10.2. The van der Waals surface area contributed by atoms with Crippen molar-refractivity contribution >= 4 is 23.2 Å². The Kier molecular flexibility index (Phi) is 4.69. The second-order valence-electron chi connectivity index (χ2n) is 3.25. The van der Waals surface area contributed by atoms with Crippen LogP contribution in [0.5, 0.6) is 0 Å². The monoisotopic (exact) mass is 232 g/mol. The first-order valence-electron chi connectivity index (χ1n) is 4.51. The van der Waals surface area contributed by atoms with Crippen LogP contribution >= 0.6 is 23.2 Å². The van der Waals surface area contributed by atoms with Crippen LogP contribution < -0.4 is 11.1 Å². The molecular weight excluding hydrogens is 219 g/mol. The van der Waals surface area contributed by atoms with Gasteiger partial charge in [0, 0.05) is 29.2 Å². The van der Waals surface area contributed by atoms with Gasteiger partial charge >= 0.3 is 0 Å². The van der Waals surface area contributed by atoms with Gasteiger partial charge in [-0.1, -0.05) is 29.3 Å². The Bertz CT molecular complexity index is 302. The molecule has 0 aliphatic carbocycles. The third-order valence-corrected chi connectivity index (χ3v) is 2.60. The lowest BCUT2D eigenvalue weighted by Crippen LogP contribution is -2.32. The van der Waals surface area contributed by atoms with E-state index in [1.54, 1.807) is 6.07 Å². The van der Waals surface area contributed by atoms with Crippen LogP contribution in [-0.4, -0.2) is 12.6 Å². The van der Waals surface area contributed by atoms with Gasteiger partial charge in [0.15, 0.2) is 0 Å². The highest BCUT2D eigenvalue weighted by Gasteiger charge is 2.02. The zero-order chi connectivity index (χ0) is 10.6. The zero-order valence-electron chi connectivity index (χ0n) is 8.06. The molecule has 1 atom stereocenters. The molecule has 1 aromatic rings. The molecule has 1 rings (SSSR count). The maximum Gasteiger partial charge on any atom is 0.0465 e. The predicted molar refractivity (Wildman–Crippen MR) is 61.8 cm³/mol. The molecule has 0 spiro atoms. The van der Waals surface area contributed by atoms with E-state index in [0.717, 1.165) is 5.56 Å². The number of hydrogen-bond donors (Lipinski definition) is 2. The SMILES string of the molecule is C[C@@H](CN)NCc1ccc(Cl)cc1Cl. The molecule has 4 heteroatoms. The Morgan fingerprint density at radius 1 is 1.43 bits per heavy atom. The molecule has 0 amide bonds. The Labute approximate surface area is 94.4 Å². The van der Waals surface area contributed by atoms with E-state index in [1.807, 2.05) is 19.1 Å². The van der Waals surface area contributed by atoms with Gasteiger partial charge in [0.25, 0.3) is 0 Å². The number of benzene rings is 1. The summed E-state index contributed by atoms with van der Waals surface area (Å²) < 4.78 is 0. The van der Waals surface area contributed by atoms with Gasteiger partial charge in [-0.15, -0.1) is 0 Å². The van der Waals surface area contributed by atoms with Crippen LogP contribution in [0.15, 0.2) is 18.2 Å². The average Bonchev–Trinajstić information content (AvgIpc) is 2.16. The quantitative estimate of drug-likeness (QED) is 0.838. The molecule has 0 radical (unpaired) electrons. The molecule has 1 aromatic carbocycles. The highest BCUT2D eigenvalue weighted by atomic mass is 35.5. The summed E-state index contributed by atoms with van der Waals surface area (Å²) in [5, 5.41) is 4.60. The topological polar surface area (TPSA) is 38.0 Å². The van der Waals surface area contributed by atoms with E-state index in [1.165, 1.54) is 0 Å². The standard InChI is InChI=1S/C10H14Cl2N2/c1-7(5-13)14-6-8-2-3-9(11)4-10(8)12/h2-4,7,14H,5-6,13H2,1H3/t7-/m0/s1. The van der Waals surface area contributed by atoms with E-state index in [0.29, 0.717) is 29.2 Å². The lowest BCUT2D eigenvalue weighted by molar-refractivity contribution is 0.556. The molecule has 14 heavy (non-hydrogen) atoms. The molecule has 0 unspecified atom stereocenters. The van der Waals surface area contributed by atoms with Gasteiger partial charge in [0.1, 0.15) is 0 Å². The number of nitrogens with two attached hydrogens (primary N) is 1. The third-order valence-electron chi connectivity index (χ3n) is 2.01. The molecule has 0 aliphatic rings. The van der Waals surface area contributed by atoms with Crippen molar-refractivity contribution in [1.82, 2.24) is 5.32 Å². The van der Waals surface area contributed by atoms with E-state index in [2.05, 4.69) is 5.32 Å². The van der Waals surface area contributed by atoms with Crippen LogP contribution in [0, 0.1) is 0 Å². The van der Waals surface area contributed by atoms with Gasteiger partial charge in [0.2, 0.25) is 0 Å². The fourth-order valence-electron chi connectivity index (χ4n) is 1.03. The van der Waals surface area contributed by atoms with Crippen molar-refractivity contribution in [3.63, 3.8) is 0 Å². The van der Waals surface area contributed by atoms with Crippen LogP contribution in [-0.2, 0) is 6.54 Å². The molecule has 0 bridgehead atoms. The van der Waals surface area contributed by atoms with Crippen molar-refractivity contribution in [3.8, 4) is 0 Å². The average molecular weight is 233 g/mol. The molecule has 0 fully saturated rings. The fraction of sp³-hybridized carbons (Fsp3) is 0.400. The maximum absolute atomic E-state index is 6.00. The summed E-state index contributed by atoms with van der Waals surface area (Å²) in [5.74, 6) is 0. The normalized spacial score (nSPS) is 12.9. The molecule has 3 N–H and O–H groups in total. The summed E-state index contributed by atoms with van der Waals surface area (Å²) in [4.78, 5) is 0. The first-order chi connectivity index (χ1) is 6.63. The Hall–Kier alpha value is -0.280. The van der Waals surface area contributed by atoms with Crippen LogP contribution in [0.1, 0.15) is 12.5 Å². The van der Waals surface area contributed by atoms with Crippen LogP contribution in [0.4, 0.5) is 0 Å². The van der Waals surface area contributed by atoms with Crippen molar-refractivity contribution < 1.29 is 0 Å². The molecular formula is C10H14Cl2N2. The maximum atomic E-state index is 6.00. The molecule has 0 saturated heterocycles. The van der Waals surface area contributed by atoms with Crippen molar-refractivity contribution in [2.45, 2.75) is 19.5 Å². The highest BCUT2D eigenvalue weighted by Crippen LogP contribution is 2.20. The van der Waals surface area contributed by atoms with E-state index >= 15 is 0 Å². The Morgan fingerprint density at radius 2 is 2.14 bits per heavy atom. The second kappa shape index (κ2) is 5.56. The summed E-state index contributed by atoms with van der Waals surface area (Å²) in [6.07, 6.45) is 0. The number of halogens is 2. The molecule has 0 heterocycles. The van der Waals surface area contributed by atoms with Crippen molar-refractivity contribution in [2.24, 2.45) is 5.73 Å². The summed E-state index contributed by atoms with van der Waals surface area (Å²) in [7, 11) is 0. The summed E-state index contributed by atoms with van der Waals surface area (Å²) in [5.41, 5.74) is 6.52. The first kappa shape index (κ1) is 11.8. The van der Waals surface area contributed by atoms with Gasteiger partial charge in [0.05, 0.1) is 0 Å². The van der Waals surface area contributed by atoms with Gasteiger partial charge in [-0.05, 0) is 24.6 Å². The summed E-state index contributed by atoms with van der Waals surface area (Å²) >= 11 is 11.8. The van der Waals surface area contributed by atoms with Gasteiger partial charge in [-0.3, -0.25) is 0 Å².